The van der Waals surface area contributed by atoms with Crippen molar-refractivity contribution in [3.8, 4) is 0 Å². The molecule has 0 spiro atoms. The fourth-order valence-corrected chi connectivity index (χ4v) is 3.40. The molecular weight excluding hydrogens is 443 g/mol. The van der Waals surface area contributed by atoms with Crippen LogP contribution in [0.5, 0.6) is 0 Å². The zero-order chi connectivity index (χ0) is 17.1. The minimum Gasteiger partial charge on any atom is -0.377 e. The Kier molecular flexibility index (Phi) is 13.1. The van der Waals surface area contributed by atoms with E-state index in [4.69, 9.17) is 4.74 Å². The van der Waals surface area contributed by atoms with E-state index in [1.54, 1.807) is 7.05 Å². The molecule has 7 nitrogen and oxygen atoms in total. The summed E-state index contributed by atoms with van der Waals surface area (Å²) in [6.45, 7) is 4.48. The average molecular weight is 476 g/mol. The van der Waals surface area contributed by atoms with Gasteiger partial charge >= 0.3 is 0 Å². The van der Waals surface area contributed by atoms with Gasteiger partial charge in [0.2, 0.25) is 10.0 Å². The van der Waals surface area contributed by atoms with Crippen LogP contribution >= 0.6 is 24.0 Å². The van der Waals surface area contributed by atoms with E-state index in [-0.39, 0.29) is 35.8 Å². The van der Waals surface area contributed by atoms with E-state index in [1.165, 1.54) is 0 Å². The Morgan fingerprint density at radius 1 is 1.38 bits per heavy atom. The van der Waals surface area contributed by atoms with E-state index in [2.05, 4.69) is 22.0 Å². The second-order valence-corrected chi connectivity index (χ2v) is 7.83. The van der Waals surface area contributed by atoms with Gasteiger partial charge in [0.1, 0.15) is 0 Å². The van der Waals surface area contributed by atoms with Gasteiger partial charge < -0.3 is 15.0 Å². The lowest BCUT2D eigenvalue weighted by atomic mass is 10.1. The molecule has 1 saturated heterocycles. The smallest absolute Gasteiger partial charge is 0.213 e. The Bertz CT molecular complexity index is 454. The van der Waals surface area contributed by atoms with E-state index in [9.17, 15) is 8.42 Å². The molecule has 144 valence electrons. The molecule has 1 fully saturated rings. The van der Waals surface area contributed by atoms with Crippen molar-refractivity contribution in [3.63, 3.8) is 0 Å². The first-order chi connectivity index (χ1) is 11.0. The molecule has 1 aliphatic heterocycles. The van der Waals surface area contributed by atoms with Gasteiger partial charge in [0.25, 0.3) is 0 Å². The molecule has 1 unspecified atom stereocenters. The zero-order valence-electron chi connectivity index (χ0n) is 15.1. The molecule has 1 rings (SSSR count). The van der Waals surface area contributed by atoms with Gasteiger partial charge in [0, 0.05) is 40.3 Å². The molecule has 9 heteroatoms. The van der Waals surface area contributed by atoms with Crippen LogP contribution in [0.25, 0.3) is 0 Å². The van der Waals surface area contributed by atoms with E-state index in [1.807, 2.05) is 11.9 Å². The molecule has 24 heavy (non-hydrogen) atoms. The lowest BCUT2D eigenvalue weighted by Crippen LogP contribution is -2.43. The Morgan fingerprint density at radius 2 is 2.12 bits per heavy atom. The van der Waals surface area contributed by atoms with Crippen molar-refractivity contribution in [2.24, 2.45) is 4.99 Å². The second kappa shape index (κ2) is 13.1. The van der Waals surface area contributed by atoms with Crippen molar-refractivity contribution in [3.05, 3.63) is 0 Å². The van der Waals surface area contributed by atoms with Crippen molar-refractivity contribution in [2.75, 3.05) is 46.1 Å². The fraction of sp³-hybridized carbons (Fsp3) is 0.933. The summed E-state index contributed by atoms with van der Waals surface area (Å²) in [5.41, 5.74) is 0. The largest absolute Gasteiger partial charge is 0.377 e. The molecule has 2 N–H and O–H groups in total. The Hall–Kier alpha value is -0.130. The quantitative estimate of drug-likeness (QED) is 0.299. The number of hydrogen-bond acceptors (Lipinski definition) is 4. The minimum absolute atomic E-state index is 0. The van der Waals surface area contributed by atoms with Gasteiger partial charge in [-0.25, -0.2) is 13.1 Å². The van der Waals surface area contributed by atoms with Crippen LogP contribution in [0.15, 0.2) is 4.99 Å². The first kappa shape index (κ1) is 23.9. The Balaban J connectivity index is 0.00000529. The third-order valence-corrected chi connectivity index (χ3v) is 5.23. The molecule has 1 aliphatic rings. The van der Waals surface area contributed by atoms with Crippen molar-refractivity contribution >= 4 is 40.0 Å². The second-order valence-electron chi connectivity index (χ2n) is 5.91. The predicted molar refractivity (Wildman–Crippen MR) is 110 cm³/mol. The summed E-state index contributed by atoms with van der Waals surface area (Å²) in [7, 11) is 0.369. The molecule has 0 aliphatic carbocycles. The van der Waals surface area contributed by atoms with Gasteiger partial charge in [0.05, 0.1) is 11.9 Å². The topological polar surface area (TPSA) is 83.0 Å². The molecule has 0 amide bonds. The number of rotatable bonds is 9. The number of hydrogen-bond donors (Lipinski definition) is 2. The number of aliphatic imine (C=N–C) groups is 1. The van der Waals surface area contributed by atoms with Gasteiger partial charge in [-0.1, -0.05) is 13.3 Å². The Labute approximate surface area is 164 Å². The number of ether oxygens (including phenoxy) is 1. The van der Waals surface area contributed by atoms with Crippen LogP contribution in [0.4, 0.5) is 0 Å². The summed E-state index contributed by atoms with van der Waals surface area (Å²) in [6, 6.07) is 0. The van der Waals surface area contributed by atoms with Crippen molar-refractivity contribution in [1.29, 1.82) is 0 Å². The van der Waals surface area contributed by atoms with E-state index in [0.29, 0.717) is 13.1 Å². The van der Waals surface area contributed by atoms with Crippen LogP contribution in [0.1, 0.15) is 39.0 Å². The first-order valence-electron chi connectivity index (χ1n) is 8.49. The van der Waals surface area contributed by atoms with Crippen LogP contribution < -0.4 is 10.0 Å². The van der Waals surface area contributed by atoms with Crippen molar-refractivity contribution < 1.29 is 13.2 Å². The number of nitrogens with one attached hydrogen (secondary N) is 2. The summed E-state index contributed by atoms with van der Waals surface area (Å²) in [5, 5.41) is 3.10. The van der Waals surface area contributed by atoms with Crippen molar-refractivity contribution in [2.45, 2.75) is 45.1 Å². The van der Waals surface area contributed by atoms with E-state index < -0.39 is 10.0 Å². The van der Waals surface area contributed by atoms with Crippen LogP contribution in [0.3, 0.4) is 0 Å². The van der Waals surface area contributed by atoms with Gasteiger partial charge in [-0.2, -0.15) is 0 Å². The zero-order valence-corrected chi connectivity index (χ0v) is 18.2. The standard InChI is InChI=1S/C15H32N4O3S.HI/c1-4-5-10-19(3)15(16-2)17-9-12-23(20,21)18-13-14-8-6-7-11-22-14;/h14,18H,4-13H2,1-3H3,(H,16,17);1H. The molecular formula is C15H33IN4O3S. The highest BCUT2D eigenvalue weighted by molar-refractivity contribution is 14.0. The number of unbranched alkanes of at least 4 members (excludes halogenated alkanes) is 1. The highest BCUT2D eigenvalue weighted by Crippen LogP contribution is 2.11. The van der Waals surface area contributed by atoms with Crippen molar-refractivity contribution in [1.82, 2.24) is 14.9 Å². The molecule has 0 bridgehead atoms. The normalized spacial score (nSPS) is 18.8. The monoisotopic (exact) mass is 476 g/mol. The van der Waals surface area contributed by atoms with E-state index in [0.717, 1.165) is 51.2 Å². The van der Waals surface area contributed by atoms with Crippen LogP contribution in [0, 0.1) is 0 Å². The summed E-state index contributed by atoms with van der Waals surface area (Å²) in [5.74, 6) is 0.754. The third-order valence-electron chi connectivity index (χ3n) is 3.88. The maximum Gasteiger partial charge on any atom is 0.213 e. The van der Waals surface area contributed by atoms with E-state index >= 15 is 0 Å². The summed E-state index contributed by atoms with van der Waals surface area (Å²) < 4.78 is 32.2. The molecule has 1 heterocycles. The van der Waals surface area contributed by atoms with Gasteiger partial charge in [-0.15, -0.1) is 24.0 Å². The molecule has 0 saturated carbocycles. The summed E-state index contributed by atoms with van der Waals surface area (Å²) in [6.07, 6.45) is 5.31. The Morgan fingerprint density at radius 3 is 2.71 bits per heavy atom. The van der Waals surface area contributed by atoms with Gasteiger partial charge in [-0.05, 0) is 25.7 Å². The minimum atomic E-state index is -3.29. The SMILES string of the molecule is CCCCN(C)C(=NC)NCCS(=O)(=O)NCC1CCCCO1.I. The highest BCUT2D eigenvalue weighted by Gasteiger charge is 2.17. The first-order valence-corrected chi connectivity index (χ1v) is 10.1. The molecule has 0 aromatic heterocycles. The fourth-order valence-electron chi connectivity index (χ4n) is 2.44. The summed E-state index contributed by atoms with van der Waals surface area (Å²) >= 11 is 0. The van der Waals surface area contributed by atoms with Gasteiger partial charge in [-0.3, -0.25) is 4.99 Å². The maximum atomic E-state index is 12.0. The average Bonchev–Trinajstić information content (AvgIpc) is 2.56. The van der Waals surface area contributed by atoms with Crippen LogP contribution in [-0.2, 0) is 14.8 Å². The van der Waals surface area contributed by atoms with Gasteiger partial charge in [0.15, 0.2) is 5.96 Å². The number of halogens is 1. The molecule has 0 radical (unpaired) electrons. The third kappa shape index (κ3) is 10.00. The number of nitrogens with zero attached hydrogens (tertiary/aromatic N) is 2. The van der Waals surface area contributed by atoms with Crippen LogP contribution in [0.2, 0.25) is 0 Å². The lowest BCUT2D eigenvalue weighted by Gasteiger charge is -2.23. The number of guanidine groups is 1. The molecule has 0 aromatic carbocycles. The molecule has 0 aromatic rings. The maximum absolute atomic E-state index is 12.0. The highest BCUT2D eigenvalue weighted by atomic mass is 127. The predicted octanol–water partition coefficient (Wildman–Crippen LogP) is 1.40. The summed E-state index contributed by atoms with van der Waals surface area (Å²) in [4.78, 5) is 6.19. The lowest BCUT2D eigenvalue weighted by molar-refractivity contribution is 0.0200. The van der Waals surface area contributed by atoms with Crippen LogP contribution in [-0.4, -0.2) is 71.5 Å². The molecule has 1 atom stereocenters. The number of sulfonamides is 1.